The molecule has 0 rings (SSSR count). The Hall–Kier alpha value is 0.580. The number of hydrogen-bond donors (Lipinski definition) is 3. The summed E-state index contributed by atoms with van der Waals surface area (Å²) in [6.07, 6.45) is 1.27. The molecule has 0 aliphatic rings. The zero-order valence-electron chi connectivity index (χ0n) is 10.1. The van der Waals surface area contributed by atoms with Crippen molar-refractivity contribution in [2.24, 2.45) is 0 Å². The van der Waals surface area contributed by atoms with E-state index in [1.807, 2.05) is 0 Å². The molecule has 0 heterocycles. The summed E-state index contributed by atoms with van der Waals surface area (Å²) in [5.41, 5.74) is 0. The third-order valence-corrected chi connectivity index (χ3v) is 4.55. The maximum Gasteiger partial charge on any atom is 0.0561 e. The van der Waals surface area contributed by atoms with E-state index in [4.69, 9.17) is 10.2 Å². The largest absolute Gasteiger partial charge is 0.396 e. The van der Waals surface area contributed by atoms with Crippen molar-refractivity contribution in [1.82, 2.24) is 0 Å². The lowest BCUT2D eigenvalue weighted by Crippen LogP contribution is -2.18. The van der Waals surface area contributed by atoms with Gasteiger partial charge < -0.3 is 15.3 Å². The van der Waals surface area contributed by atoms with Crippen LogP contribution < -0.4 is 0 Å². The molecule has 0 aromatic carbocycles. The van der Waals surface area contributed by atoms with Gasteiger partial charge in [-0.25, -0.2) is 0 Å². The van der Waals surface area contributed by atoms with Crippen molar-refractivity contribution in [3.05, 3.63) is 0 Å². The smallest absolute Gasteiger partial charge is 0.0561 e. The second-order valence-electron chi connectivity index (χ2n) is 3.94. The monoisotopic (exact) mass is 268 g/mol. The van der Waals surface area contributed by atoms with E-state index >= 15 is 0 Å². The predicted molar refractivity (Wildman–Crippen MR) is 73.3 cm³/mol. The van der Waals surface area contributed by atoms with E-state index in [1.165, 1.54) is 0 Å². The molecule has 16 heavy (non-hydrogen) atoms. The van der Waals surface area contributed by atoms with Crippen LogP contribution in [0.2, 0.25) is 0 Å². The fourth-order valence-electron chi connectivity index (χ4n) is 1.51. The van der Waals surface area contributed by atoms with Crippen molar-refractivity contribution in [3.63, 3.8) is 0 Å². The van der Waals surface area contributed by atoms with E-state index in [2.05, 4.69) is 13.8 Å². The average Bonchev–Trinajstić information content (AvgIpc) is 2.23. The number of thioether (sulfide) groups is 2. The van der Waals surface area contributed by atoms with Crippen molar-refractivity contribution in [2.75, 3.05) is 24.7 Å². The third-order valence-electron chi connectivity index (χ3n) is 2.20. The van der Waals surface area contributed by atoms with Gasteiger partial charge in [-0.2, -0.15) is 23.5 Å². The minimum atomic E-state index is -0.276. The molecule has 5 heteroatoms. The minimum absolute atomic E-state index is 0.202. The van der Waals surface area contributed by atoms with Crippen LogP contribution in [0.1, 0.15) is 26.7 Å². The molecule has 0 bridgehead atoms. The second kappa shape index (κ2) is 10.7. The second-order valence-corrected chi connectivity index (χ2v) is 7.03. The first-order chi connectivity index (χ1) is 7.60. The number of aliphatic hydroxyl groups excluding tert-OH is 3. The molecule has 3 N–H and O–H groups in total. The molecular formula is C11H24O3S2. The molecule has 98 valence electrons. The van der Waals surface area contributed by atoms with Crippen molar-refractivity contribution in [1.29, 1.82) is 0 Å². The van der Waals surface area contributed by atoms with Crippen LogP contribution in [0.15, 0.2) is 0 Å². The Morgan fingerprint density at radius 1 is 0.875 bits per heavy atom. The van der Waals surface area contributed by atoms with Crippen LogP contribution in [0.25, 0.3) is 0 Å². The predicted octanol–water partition coefficient (Wildman–Crippen LogP) is 1.36. The number of rotatable bonds is 10. The van der Waals surface area contributed by atoms with Gasteiger partial charge in [0.25, 0.3) is 0 Å². The first kappa shape index (κ1) is 16.6. The summed E-state index contributed by atoms with van der Waals surface area (Å²) in [5.74, 6) is 1.48. The average molecular weight is 268 g/mol. The SMILES string of the molecule is CC(CC(O)CC(C)SCCO)SCCO. The lowest BCUT2D eigenvalue weighted by atomic mass is 10.1. The zero-order valence-corrected chi connectivity index (χ0v) is 11.8. The Morgan fingerprint density at radius 3 is 1.56 bits per heavy atom. The maximum absolute atomic E-state index is 9.84. The van der Waals surface area contributed by atoms with Gasteiger partial charge in [-0.05, 0) is 12.8 Å². The lowest BCUT2D eigenvalue weighted by molar-refractivity contribution is 0.156. The standard InChI is InChI=1S/C11H24O3S2/c1-9(15-5-3-12)7-11(14)8-10(2)16-6-4-13/h9-14H,3-8H2,1-2H3. The van der Waals surface area contributed by atoms with Crippen LogP contribution in [-0.4, -0.2) is 56.6 Å². The van der Waals surface area contributed by atoms with Gasteiger partial charge >= 0.3 is 0 Å². The van der Waals surface area contributed by atoms with E-state index in [9.17, 15) is 5.11 Å². The van der Waals surface area contributed by atoms with Gasteiger partial charge in [0.05, 0.1) is 19.3 Å². The summed E-state index contributed by atoms with van der Waals surface area (Å²) in [7, 11) is 0. The normalized spacial score (nSPS) is 17.1. The van der Waals surface area contributed by atoms with Crippen LogP contribution in [0.3, 0.4) is 0 Å². The van der Waals surface area contributed by atoms with E-state index < -0.39 is 0 Å². The molecule has 0 spiro atoms. The van der Waals surface area contributed by atoms with Crippen LogP contribution in [0.4, 0.5) is 0 Å². The fourth-order valence-corrected chi connectivity index (χ4v) is 3.24. The van der Waals surface area contributed by atoms with Crippen LogP contribution in [0.5, 0.6) is 0 Å². The van der Waals surface area contributed by atoms with Gasteiger partial charge in [0, 0.05) is 22.0 Å². The Morgan fingerprint density at radius 2 is 1.25 bits per heavy atom. The molecule has 0 aromatic rings. The minimum Gasteiger partial charge on any atom is -0.396 e. The lowest BCUT2D eigenvalue weighted by Gasteiger charge is -2.19. The Kier molecular flexibility index (Phi) is 11.1. The summed E-state index contributed by atoms with van der Waals surface area (Å²) in [6.45, 7) is 4.56. The van der Waals surface area contributed by atoms with E-state index in [0.717, 1.165) is 24.3 Å². The molecule has 0 aliphatic heterocycles. The van der Waals surface area contributed by atoms with Gasteiger partial charge in [0.15, 0.2) is 0 Å². The number of hydrogen-bond acceptors (Lipinski definition) is 5. The summed E-state index contributed by atoms with van der Waals surface area (Å²) < 4.78 is 0. The van der Waals surface area contributed by atoms with Gasteiger partial charge in [0.2, 0.25) is 0 Å². The highest BCUT2D eigenvalue weighted by Crippen LogP contribution is 2.21. The summed E-state index contributed by atoms with van der Waals surface area (Å²) in [4.78, 5) is 0. The van der Waals surface area contributed by atoms with Crippen LogP contribution in [-0.2, 0) is 0 Å². The van der Waals surface area contributed by atoms with Gasteiger partial charge in [-0.1, -0.05) is 13.8 Å². The van der Waals surface area contributed by atoms with Crippen molar-refractivity contribution < 1.29 is 15.3 Å². The molecule has 2 atom stereocenters. The highest BCUT2D eigenvalue weighted by molar-refractivity contribution is 8.00. The molecule has 0 saturated carbocycles. The Labute approximate surface area is 107 Å². The zero-order chi connectivity index (χ0) is 12.4. The van der Waals surface area contributed by atoms with Gasteiger partial charge in [0.1, 0.15) is 0 Å². The van der Waals surface area contributed by atoms with E-state index in [0.29, 0.717) is 10.5 Å². The molecular weight excluding hydrogens is 244 g/mol. The molecule has 0 radical (unpaired) electrons. The molecule has 0 amide bonds. The van der Waals surface area contributed by atoms with Crippen molar-refractivity contribution in [3.8, 4) is 0 Å². The Bertz CT molecular complexity index is 142. The topological polar surface area (TPSA) is 60.7 Å². The Balaban J connectivity index is 3.58. The maximum atomic E-state index is 9.84. The fraction of sp³-hybridized carbons (Fsp3) is 1.00. The van der Waals surface area contributed by atoms with Crippen molar-refractivity contribution in [2.45, 2.75) is 43.3 Å². The van der Waals surface area contributed by atoms with Gasteiger partial charge in [-0.15, -0.1) is 0 Å². The molecule has 0 aliphatic carbocycles. The first-order valence-corrected chi connectivity index (χ1v) is 7.82. The highest BCUT2D eigenvalue weighted by atomic mass is 32.2. The quantitative estimate of drug-likeness (QED) is 0.558. The first-order valence-electron chi connectivity index (χ1n) is 5.73. The van der Waals surface area contributed by atoms with Crippen LogP contribution >= 0.6 is 23.5 Å². The molecule has 2 unspecified atom stereocenters. The summed E-state index contributed by atoms with van der Waals surface area (Å²) in [6, 6.07) is 0. The molecule has 3 nitrogen and oxygen atoms in total. The van der Waals surface area contributed by atoms with E-state index in [1.54, 1.807) is 23.5 Å². The van der Waals surface area contributed by atoms with Gasteiger partial charge in [-0.3, -0.25) is 0 Å². The van der Waals surface area contributed by atoms with Crippen LogP contribution in [0, 0.1) is 0 Å². The molecule has 0 saturated heterocycles. The molecule has 0 aromatic heterocycles. The summed E-state index contributed by atoms with van der Waals surface area (Å²) >= 11 is 3.39. The summed E-state index contributed by atoms with van der Waals surface area (Å²) in [5, 5.41) is 28.0. The molecule has 0 fully saturated rings. The van der Waals surface area contributed by atoms with E-state index in [-0.39, 0.29) is 19.3 Å². The highest BCUT2D eigenvalue weighted by Gasteiger charge is 2.14. The number of aliphatic hydroxyl groups is 3. The third kappa shape index (κ3) is 9.78. The van der Waals surface area contributed by atoms with Crippen molar-refractivity contribution >= 4 is 23.5 Å².